The first kappa shape index (κ1) is 16.7. The lowest BCUT2D eigenvalue weighted by atomic mass is 10.1. The van der Waals surface area contributed by atoms with Crippen molar-refractivity contribution >= 4 is 5.91 Å². The third-order valence-corrected chi connectivity index (χ3v) is 5.15. The molecule has 6 heteroatoms. The van der Waals surface area contributed by atoms with Gasteiger partial charge in [-0.25, -0.2) is 0 Å². The highest BCUT2D eigenvalue weighted by molar-refractivity contribution is 5.96. The van der Waals surface area contributed by atoms with Gasteiger partial charge in [0.2, 0.25) is 5.43 Å². The molecule has 1 aromatic carbocycles. The third kappa shape index (κ3) is 2.75. The summed E-state index contributed by atoms with van der Waals surface area (Å²) in [6.45, 7) is 3.71. The summed E-state index contributed by atoms with van der Waals surface area (Å²) < 4.78 is 7.69. The number of piperidine rings is 1. The average Bonchev–Trinajstić information content (AvgIpc) is 2.68. The average molecular weight is 353 g/mol. The van der Waals surface area contributed by atoms with E-state index in [-0.39, 0.29) is 29.9 Å². The van der Waals surface area contributed by atoms with E-state index in [1.807, 2.05) is 46.8 Å². The van der Waals surface area contributed by atoms with E-state index >= 15 is 0 Å². The standard InChI is InChI=1S/C20H23N3O3/c1-2-21-17-10-6-7-12-22(17)23-13-11-16(24)19(18(23)20(21)25)26-14-15-8-4-3-5-9-15/h3-5,8-9,11,13,17H,2,6-7,10,12,14H2,1H3. The molecule has 1 aromatic heterocycles. The molecule has 0 N–H and O–H groups in total. The summed E-state index contributed by atoms with van der Waals surface area (Å²) in [5, 5.41) is 2.18. The van der Waals surface area contributed by atoms with E-state index in [0.29, 0.717) is 12.2 Å². The first-order valence-electron chi connectivity index (χ1n) is 9.21. The lowest BCUT2D eigenvalue weighted by molar-refractivity contribution is 0.0532. The van der Waals surface area contributed by atoms with E-state index < -0.39 is 0 Å². The van der Waals surface area contributed by atoms with Gasteiger partial charge in [0.05, 0.1) is 0 Å². The van der Waals surface area contributed by atoms with Gasteiger partial charge in [0.25, 0.3) is 5.91 Å². The number of hydrogen-bond acceptors (Lipinski definition) is 4. The van der Waals surface area contributed by atoms with Crippen molar-refractivity contribution in [2.75, 3.05) is 18.1 Å². The smallest absolute Gasteiger partial charge is 0.278 e. The summed E-state index contributed by atoms with van der Waals surface area (Å²) in [4.78, 5) is 27.5. The van der Waals surface area contributed by atoms with Crippen molar-refractivity contribution in [2.45, 2.75) is 39.0 Å². The number of aromatic nitrogens is 1. The molecule has 0 spiro atoms. The van der Waals surface area contributed by atoms with Crippen LogP contribution in [0.15, 0.2) is 47.4 Å². The highest BCUT2D eigenvalue weighted by Crippen LogP contribution is 2.29. The van der Waals surface area contributed by atoms with E-state index in [9.17, 15) is 9.59 Å². The molecule has 0 bridgehead atoms. The normalized spacial score (nSPS) is 19.1. The summed E-state index contributed by atoms with van der Waals surface area (Å²) >= 11 is 0. The lowest BCUT2D eigenvalue weighted by Crippen LogP contribution is -2.62. The zero-order valence-corrected chi connectivity index (χ0v) is 14.9. The molecule has 136 valence electrons. The number of pyridine rings is 1. The van der Waals surface area contributed by atoms with Gasteiger partial charge in [-0.1, -0.05) is 30.3 Å². The zero-order chi connectivity index (χ0) is 18.1. The van der Waals surface area contributed by atoms with Gasteiger partial charge < -0.3 is 9.64 Å². The Balaban J connectivity index is 1.75. The van der Waals surface area contributed by atoms with Crippen molar-refractivity contribution in [3.05, 3.63) is 64.1 Å². The van der Waals surface area contributed by atoms with Crippen LogP contribution in [-0.2, 0) is 6.61 Å². The van der Waals surface area contributed by atoms with E-state index in [0.717, 1.165) is 31.4 Å². The van der Waals surface area contributed by atoms with Crippen LogP contribution in [0.5, 0.6) is 5.75 Å². The van der Waals surface area contributed by atoms with E-state index in [4.69, 9.17) is 4.74 Å². The topological polar surface area (TPSA) is 54.8 Å². The third-order valence-electron chi connectivity index (χ3n) is 5.15. The first-order chi connectivity index (χ1) is 12.7. The number of benzene rings is 1. The second-order valence-electron chi connectivity index (χ2n) is 6.71. The van der Waals surface area contributed by atoms with Crippen molar-refractivity contribution in [3.63, 3.8) is 0 Å². The van der Waals surface area contributed by atoms with Gasteiger partial charge in [-0.2, -0.15) is 0 Å². The van der Waals surface area contributed by atoms with Gasteiger partial charge in [-0.15, -0.1) is 0 Å². The predicted molar refractivity (Wildman–Crippen MR) is 98.9 cm³/mol. The van der Waals surface area contributed by atoms with Crippen molar-refractivity contribution in [2.24, 2.45) is 0 Å². The summed E-state index contributed by atoms with van der Waals surface area (Å²) in [7, 11) is 0. The van der Waals surface area contributed by atoms with Crippen molar-refractivity contribution < 1.29 is 9.53 Å². The molecular weight excluding hydrogens is 330 g/mol. The molecule has 1 fully saturated rings. The molecule has 2 aliphatic rings. The minimum atomic E-state index is -0.257. The Labute approximate surface area is 152 Å². The largest absolute Gasteiger partial charge is 0.482 e. The molecule has 0 radical (unpaired) electrons. The number of carbonyl (C=O) groups is 1. The van der Waals surface area contributed by atoms with Crippen LogP contribution >= 0.6 is 0 Å². The van der Waals surface area contributed by atoms with Gasteiger partial charge in [0.15, 0.2) is 11.4 Å². The second-order valence-corrected chi connectivity index (χ2v) is 6.71. The van der Waals surface area contributed by atoms with Crippen LogP contribution in [0, 0.1) is 0 Å². The highest BCUT2D eigenvalue weighted by Gasteiger charge is 2.40. The monoisotopic (exact) mass is 353 g/mol. The van der Waals surface area contributed by atoms with E-state index in [2.05, 4.69) is 5.01 Å². The molecular formula is C20H23N3O3. The maximum atomic E-state index is 13.1. The fraction of sp³-hybridized carbons (Fsp3) is 0.400. The van der Waals surface area contributed by atoms with Crippen LogP contribution in [-0.4, -0.2) is 34.7 Å². The number of carbonyl (C=O) groups excluding carboxylic acids is 1. The van der Waals surface area contributed by atoms with Crippen LogP contribution in [0.4, 0.5) is 0 Å². The summed E-state index contributed by atoms with van der Waals surface area (Å²) in [5.41, 5.74) is 1.04. The summed E-state index contributed by atoms with van der Waals surface area (Å²) in [5.74, 6) is 0.0141. The molecule has 4 rings (SSSR count). The number of nitrogens with zero attached hydrogens (tertiary/aromatic N) is 3. The van der Waals surface area contributed by atoms with E-state index in [1.165, 1.54) is 6.07 Å². The second kappa shape index (κ2) is 6.86. The Morgan fingerprint density at radius 1 is 1.12 bits per heavy atom. The maximum absolute atomic E-state index is 13.1. The Hall–Kier alpha value is -2.76. The molecule has 3 heterocycles. The molecule has 0 saturated carbocycles. The minimum absolute atomic E-state index is 0.0539. The highest BCUT2D eigenvalue weighted by atomic mass is 16.5. The summed E-state index contributed by atoms with van der Waals surface area (Å²) in [6.07, 6.45) is 4.89. The quantitative estimate of drug-likeness (QED) is 0.847. The SMILES string of the molecule is CCN1C(=O)c2c(OCc3ccccc3)c(=O)ccn2N2CCCCC12. The molecule has 0 aliphatic carbocycles. The fourth-order valence-corrected chi connectivity index (χ4v) is 3.88. The van der Waals surface area contributed by atoms with Crippen LogP contribution < -0.4 is 15.2 Å². The van der Waals surface area contributed by atoms with Crippen LogP contribution in [0.2, 0.25) is 0 Å². The molecule has 1 amide bonds. The molecule has 6 nitrogen and oxygen atoms in total. The Kier molecular flexibility index (Phi) is 4.41. The van der Waals surface area contributed by atoms with E-state index in [1.54, 1.807) is 6.20 Å². The molecule has 1 saturated heterocycles. The van der Waals surface area contributed by atoms with Gasteiger partial charge in [-0.05, 0) is 31.7 Å². The van der Waals surface area contributed by atoms with Crippen LogP contribution in [0.1, 0.15) is 42.2 Å². The van der Waals surface area contributed by atoms with Crippen molar-refractivity contribution in [3.8, 4) is 5.75 Å². The van der Waals surface area contributed by atoms with Crippen molar-refractivity contribution in [1.82, 2.24) is 9.58 Å². The van der Waals surface area contributed by atoms with Gasteiger partial charge in [0, 0.05) is 25.4 Å². The summed E-state index contributed by atoms with van der Waals surface area (Å²) in [6, 6.07) is 11.1. The Morgan fingerprint density at radius 2 is 1.92 bits per heavy atom. The molecule has 1 unspecified atom stereocenters. The number of hydrogen-bond donors (Lipinski definition) is 0. The lowest BCUT2D eigenvalue weighted by Gasteiger charge is -2.48. The minimum Gasteiger partial charge on any atom is -0.482 e. The first-order valence-corrected chi connectivity index (χ1v) is 9.21. The zero-order valence-electron chi connectivity index (χ0n) is 14.9. The van der Waals surface area contributed by atoms with Gasteiger partial charge in [0.1, 0.15) is 12.8 Å². The molecule has 26 heavy (non-hydrogen) atoms. The number of ether oxygens (including phenoxy) is 1. The Bertz CT molecular complexity index is 862. The van der Waals surface area contributed by atoms with Crippen LogP contribution in [0.25, 0.3) is 0 Å². The molecule has 2 aromatic rings. The van der Waals surface area contributed by atoms with Gasteiger partial charge in [-0.3, -0.25) is 19.3 Å². The Morgan fingerprint density at radius 3 is 2.69 bits per heavy atom. The molecule has 1 atom stereocenters. The fourth-order valence-electron chi connectivity index (χ4n) is 3.88. The van der Waals surface area contributed by atoms with Crippen molar-refractivity contribution in [1.29, 1.82) is 0 Å². The van der Waals surface area contributed by atoms with Crippen LogP contribution in [0.3, 0.4) is 0 Å². The number of rotatable bonds is 4. The number of fused-ring (bicyclic) bond motifs is 3. The number of amides is 1. The van der Waals surface area contributed by atoms with Gasteiger partial charge >= 0.3 is 0 Å². The maximum Gasteiger partial charge on any atom is 0.278 e. The molecule has 2 aliphatic heterocycles. The predicted octanol–water partition coefficient (Wildman–Crippen LogP) is 2.35.